The third-order valence-corrected chi connectivity index (χ3v) is 7.24. The molecule has 0 unspecified atom stereocenters. The van der Waals surface area contributed by atoms with Crippen LogP contribution in [0.5, 0.6) is 0 Å². The number of aliphatic carboxylic acids is 1. The van der Waals surface area contributed by atoms with Crippen LogP contribution in [0.1, 0.15) is 30.4 Å². The highest BCUT2D eigenvalue weighted by atomic mass is 32.2. The average molecular weight is 456 g/mol. The van der Waals surface area contributed by atoms with Crippen molar-refractivity contribution in [2.45, 2.75) is 37.3 Å². The number of benzene rings is 1. The van der Waals surface area contributed by atoms with E-state index in [0.717, 1.165) is 31.2 Å². The van der Waals surface area contributed by atoms with Gasteiger partial charge in [0.2, 0.25) is 10.0 Å². The Hall–Kier alpha value is -2.46. The molecule has 0 atom stereocenters. The molecule has 1 aliphatic heterocycles. The molecular formula is C21H23F3N2O4S. The summed E-state index contributed by atoms with van der Waals surface area (Å²) >= 11 is 0. The van der Waals surface area contributed by atoms with Crippen LogP contribution in [0.15, 0.2) is 42.7 Å². The number of piperidine rings is 1. The minimum Gasteiger partial charge on any atom is -0.475 e. The number of hydrogen-bond donors (Lipinski definition) is 1. The minimum absolute atomic E-state index is 0.148. The standard InChI is InChI=1S/C19H22N2O2S.C2HF3O2/c1-24(22,23)21-11-8-19(9-12-21)7-6-15-4-5-16(13-18(15)19)17-3-2-10-20-14-17;3-2(4,5)1(6)7/h2-5,10,13-14H,6-9,11-12H2,1H3;(H,6,7). The van der Waals surface area contributed by atoms with E-state index in [9.17, 15) is 21.6 Å². The van der Waals surface area contributed by atoms with Gasteiger partial charge in [-0.2, -0.15) is 13.2 Å². The summed E-state index contributed by atoms with van der Waals surface area (Å²) < 4.78 is 56.9. The molecule has 1 aromatic carbocycles. The van der Waals surface area contributed by atoms with Crippen LogP contribution in [-0.2, 0) is 26.7 Å². The van der Waals surface area contributed by atoms with Crippen molar-refractivity contribution in [2.24, 2.45) is 0 Å². The minimum atomic E-state index is -5.08. The van der Waals surface area contributed by atoms with Gasteiger partial charge in [0.15, 0.2) is 0 Å². The van der Waals surface area contributed by atoms with Crippen molar-refractivity contribution in [1.29, 1.82) is 0 Å². The zero-order valence-corrected chi connectivity index (χ0v) is 17.7. The number of rotatable bonds is 2. The molecule has 0 bridgehead atoms. The van der Waals surface area contributed by atoms with E-state index in [-0.39, 0.29) is 5.41 Å². The number of hydrogen-bond acceptors (Lipinski definition) is 4. The van der Waals surface area contributed by atoms with Crippen molar-refractivity contribution in [3.63, 3.8) is 0 Å². The summed E-state index contributed by atoms with van der Waals surface area (Å²) in [7, 11) is -3.08. The van der Waals surface area contributed by atoms with Crippen molar-refractivity contribution < 1.29 is 31.5 Å². The fraction of sp³-hybridized carbons (Fsp3) is 0.429. The van der Waals surface area contributed by atoms with Crippen LogP contribution >= 0.6 is 0 Å². The molecule has 10 heteroatoms. The van der Waals surface area contributed by atoms with Crippen LogP contribution < -0.4 is 0 Å². The zero-order chi connectivity index (χ0) is 22.9. The Morgan fingerprint density at radius 1 is 1.13 bits per heavy atom. The Bertz CT molecular complexity index is 1050. The second-order valence-electron chi connectivity index (χ2n) is 7.86. The molecule has 0 saturated carbocycles. The number of aryl methyl sites for hydroxylation is 1. The van der Waals surface area contributed by atoms with Gasteiger partial charge < -0.3 is 5.11 Å². The number of halogens is 3. The molecule has 1 fully saturated rings. The van der Waals surface area contributed by atoms with Gasteiger partial charge >= 0.3 is 12.1 Å². The van der Waals surface area contributed by atoms with E-state index in [2.05, 4.69) is 29.2 Å². The van der Waals surface area contributed by atoms with E-state index in [1.54, 1.807) is 10.5 Å². The normalized spacial score (nSPS) is 18.2. The lowest BCUT2D eigenvalue weighted by molar-refractivity contribution is -0.192. The Labute approximate surface area is 178 Å². The van der Waals surface area contributed by atoms with E-state index < -0.39 is 22.2 Å². The molecule has 1 N–H and O–H groups in total. The van der Waals surface area contributed by atoms with Gasteiger partial charge in [-0.1, -0.05) is 24.3 Å². The summed E-state index contributed by atoms with van der Waals surface area (Å²) in [6.07, 6.45) is 3.99. The second kappa shape index (κ2) is 8.58. The van der Waals surface area contributed by atoms with E-state index in [1.807, 2.05) is 12.3 Å². The van der Waals surface area contributed by atoms with Crippen molar-refractivity contribution in [1.82, 2.24) is 9.29 Å². The van der Waals surface area contributed by atoms with Gasteiger partial charge in [0.1, 0.15) is 0 Å². The van der Waals surface area contributed by atoms with Crippen molar-refractivity contribution in [3.05, 3.63) is 53.9 Å². The molecule has 0 amide bonds. The maximum absolute atomic E-state index is 11.8. The first-order chi connectivity index (χ1) is 14.4. The van der Waals surface area contributed by atoms with Crippen LogP contribution in [-0.4, -0.2) is 54.3 Å². The summed E-state index contributed by atoms with van der Waals surface area (Å²) in [5.41, 5.74) is 5.34. The van der Waals surface area contributed by atoms with Gasteiger partial charge in [-0.05, 0) is 59.4 Å². The zero-order valence-electron chi connectivity index (χ0n) is 16.9. The molecule has 2 aromatic rings. The Morgan fingerprint density at radius 2 is 1.77 bits per heavy atom. The van der Waals surface area contributed by atoms with Gasteiger partial charge in [0, 0.05) is 25.5 Å². The highest BCUT2D eigenvalue weighted by Crippen LogP contribution is 2.47. The quantitative estimate of drug-likeness (QED) is 0.746. The number of carboxylic acid groups (broad SMARTS) is 1. The fourth-order valence-electron chi connectivity index (χ4n) is 4.28. The smallest absolute Gasteiger partial charge is 0.475 e. The number of fused-ring (bicyclic) bond motifs is 2. The van der Waals surface area contributed by atoms with Crippen LogP contribution in [0.2, 0.25) is 0 Å². The highest BCUT2D eigenvalue weighted by molar-refractivity contribution is 7.88. The van der Waals surface area contributed by atoms with Gasteiger partial charge in [-0.25, -0.2) is 17.5 Å². The lowest BCUT2D eigenvalue weighted by atomic mass is 9.74. The van der Waals surface area contributed by atoms with Crippen LogP contribution in [0.25, 0.3) is 11.1 Å². The van der Waals surface area contributed by atoms with E-state index in [0.29, 0.717) is 13.1 Å². The molecule has 31 heavy (non-hydrogen) atoms. The highest BCUT2D eigenvalue weighted by Gasteiger charge is 2.42. The SMILES string of the molecule is CS(=O)(=O)N1CCC2(CCc3ccc(-c4cccnc4)cc32)CC1.O=C(O)C(F)(F)F. The molecule has 168 valence electrons. The molecule has 1 aliphatic carbocycles. The summed E-state index contributed by atoms with van der Waals surface area (Å²) in [4.78, 5) is 13.1. The maximum atomic E-state index is 11.8. The molecule has 2 heterocycles. The average Bonchev–Trinajstić information content (AvgIpc) is 3.05. The van der Waals surface area contributed by atoms with E-state index in [1.165, 1.54) is 22.9 Å². The molecule has 6 nitrogen and oxygen atoms in total. The lowest BCUT2D eigenvalue weighted by Crippen LogP contribution is -2.43. The molecule has 1 saturated heterocycles. The number of carboxylic acids is 1. The number of carbonyl (C=O) groups is 1. The first-order valence-corrected chi connectivity index (χ1v) is 11.6. The van der Waals surface area contributed by atoms with Gasteiger partial charge in [0.25, 0.3) is 0 Å². The van der Waals surface area contributed by atoms with Crippen molar-refractivity contribution in [3.8, 4) is 11.1 Å². The predicted molar refractivity (Wildman–Crippen MR) is 109 cm³/mol. The topological polar surface area (TPSA) is 87.6 Å². The summed E-state index contributed by atoms with van der Waals surface area (Å²) in [5, 5.41) is 7.12. The molecule has 0 radical (unpaired) electrons. The third kappa shape index (κ3) is 5.24. The van der Waals surface area contributed by atoms with E-state index >= 15 is 0 Å². The van der Waals surface area contributed by atoms with E-state index in [4.69, 9.17) is 9.90 Å². The Morgan fingerprint density at radius 3 is 2.29 bits per heavy atom. The fourth-order valence-corrected chi connectivity index (χ4v) is 5.12. The molecule has 4 rings (SSSR count). The Kier molecular flexibility index (Phi) is 6.43. The molecule has 1 aromatic heterocycles. The molecule has 2 aliphatic rings. The number of nitrogens with zero attached hydrogens (tertiary/aromatic N) is 2. The second-order valence-corrected chi connectivity index (χ2v) is 9.84. The van der Waals surface area contributed by atoms with Crippen LogP contribution in [0.3, 0.4) is 0 Å². The lowest BCUT2D eigenvalue weighted by Gasteiger charge is -2.39. The van der Waals surface area contributed by atoms with Gasteiger partial charge in [0.05, 0.1) is 6.26 Å². The first-order valence-electron chi connectivity index (χ1n) is 9.71. The predicted octanol–water partition coefficient (Wildman–Crippen LogP) is 3.62. The molecule has 1 spiro atoms. The van der Waals surface area contributed by atoms with Crippen LogP contribution in [0.4, 0.5) is 13.2 Å². The maximum Gasteiger partial charge on any atom is 0.490 e. The number of aromatic nitrogens is 1. The molecular weight excluding hydrogens is 433 g/mol. The first kappa shape index (κ1) is 23.2. The van der Waals surface area contributed by atoms with Crippen molar-refractivity contribution >= 4 is 16.0 Å². The van der Waals surface area contributed by atoms with Gasteiger partial charge in [-0.3, -0.25) is 4.98 Å². The monoisotopic (exact) mass is 456 g/mol. The summed E-state index contributed by atoms with van der Waals surface area (Å²) in [6.45, 7) is 1.27. The number of alkyl halides is 3. The van der Waals surface area contributed by atoms with Crippen LogP contribution in [0, 0.1) is 0 Å². The summed E-state index contributed by atoms with van der Waals surface area (Å²) in [6, 6.07) is 10.8. The van der Waals surface area contributed by atoms with Crippen molar-refractivity contribution in [2.75, 3.05) is 19.3 Å². The number of pyridine rings is 1. The summed E-state index contributed by atoms with van der Waals surface area (Å²) in [5.74, 6) is -2.76. The van der Waals surface area contributed by atoms with Gasteiger partial charge in [-0.15, -0.1) is 0 Å². The largest absolute Gasteiger partial charge is 0.490 e. The third-order valence-electron chi connectivity index (χ3n) is 5.94. The number of sulfonamides is 1. The Balaban J connectivity index is 0.000000339.